The molecule has 0 bridgehead atoms. The summed E-state index contributed by atoms with van der Waals surface area (Å²) >= 11 is 1.53. The van der Waals surface area contributed by atoms with Crippen molar-refractivity contribution in [2.75, 3.05) is 13.7 Å². The van der Waals surface area contributed by atoms with E-state index in [9.17, 15) is 9.90 Å². The van der Waals surface area contributed by atoms with Gasteiger partial charge in [-0.25, -0.2) is 4.98 Å². The molecule has 4 aromatic rings. The Kier molecular flexibility index (Phi) is 7.88. The molecular weight excluding hydrogens is 474 g/mol. The van der Waals surface area contributed by atoms with Gasteiger partial charge < -0.3 is 19.5 Å². The van der Waals surface area contributed by atoms with Crippen LogP contribution in [0.15, 0.2) is 41.9 Å². The number of aliphatic carboxylic acids is 1. The second-order valence-electron chi connectivity index (χ2n) is 9.77. The number of rotatable bonds is 11. The number of hydrogen-bond acceptors (Lipinski definition) is 6. The fourth-order valence-corrected chi connectivity index (χ4v) is 5.45. The minimum atomic E-state index is -0.821. The third-order valence-corrected chi connectivity index (χ3v) is 7.33. The second-order valence-corrected chi connectivity index (χ2v) is 10.6. The third kappa shape index (κ3) is 5.36. The molecule has 4 rings (SSSR count). The van der Waals surface area contributed by atoms with Crippen LogP contribution in [0, 0.1) is 5.41 Å². The predicted molar refractivity (Wildman–Crippen MR) is 143 cm³/mol. The second kappa shape index (κ2) is 10.9. The maximum atomic E-state index is 11.0. The molecule has 0 radical (unpaired) electrons. The largest absolute Gasteiger partial charge is 0.481 e. The van der Waals surface area contributed by atoms with E-state index in [-0.39, 0.29) is 18.4 Å². The van der Waals surface area contributed by atoms with Crippen molar-refractivity contribution in [3.8, 4) is 21.8 Å². The van der Waals surface area contributed by atoms with E-state index in [1.54, 1.807) is 13.3 Å². The van der Waals surface area contributed by atoms with Gasteiger partial charge in [0.1, 0.15) is 5.01 Å². The van der Waals surface area contributed by atoms with Crippen molar-refractivity contribution in [2.45, 2.75) is 53.2 Å². The molecule has 0 saturated carbocycles. The fourth-order valence-electron chi connectivity index (χ4n) is 4.60. The number of hydrogen-bond donors (Lipinski definition) is 2. The van der Waals surface area contributed by atoms with E-state index in [1.165, 1.54) is 16.9 Å². The highest BCUT2D eigenvalue weighted by molar-refractivity contribution is 7.13. The maximum absolute atomic E-state index is 11.0. The van der Waals surface area contributed by atoms with Gasteiger partial charge in [0.15, 0.2) is 0 Å². The number of aliphatic hydroxyl groups is 1. The molecule has 0 aliphatic carbocycles. The zero-order valence-electron chi connectivity index (χ0n) is 21.2. The van der Waals surface area contributed by atoms with Gasteiger partial charge in [0.05, 0.1) is 30.1 Å². The van der Waals surface area contributed by atoms with Gasteiger partial charge in [0.2, 0.25) is 0 Å². The van der Waals surface area contributed by atoms with Gasteiger partial charge in [-0.05, 0) is 54.7 Å². The van der Waals surface area contributed by atoms with E-state index in [0.29, 0.717) is 19.4 Å². The normalized spacial score (nSPS) is 11.9. The van der Waals surface area contributed by atoms with E-state index in [1.807, 2.05) is 11.4 Å². The Morgan fingerprint density at radius 1 is 1.25 bits per heavy atom. The predicted octanol–water partition coefficient (Wildman–Crippen LogP) is 5.57. The summed E-state index contributed by atoms with van der Waals surface area (Å²) in [5.41, 5.74) is 6.79. The minimum absolute atomic E-state index is 0.0697. The molecule has 0 atom stereocenters. The zero-order valence-corrected chi connectivity index (χ0v) is 22.1. The number of pyridine rings is 1. The molecule has 7 nitrogen and oxygen atoms in total. The molecule has 0 spiro atoms. The summed E-state index contributed by atoms with van der Waals surface area (Å²) in [6.45, 7) is 7.55. The molecule has 1 aromatic carbocycles. The average Bonchev–Trinajstić information content (AvgIpc) is 3.45. The van der Waals surface area contributed by atoms with E-state index < -0.39 is 5.97 Å². The number of carboxylic acid groups (broad SMARTS) is 1. The van der Waals surface area contributed by atoms with Gasteiger partial charge in [0, 0.05) is 60.3 Å². The zero-order chi connectivity index (χ0) is 25.9. The fraction of sp³-hybridized carbons (Fsp3) is 0.393. The van der Waals surface area contributed by atoms with E-state index in [4.69, 9.17) is 14.8 Å². The van der Waals surface area contributed by atoms with Crippen molar-refractivity contribution in [3.63, 3.8) is 0 Å². The number of carbonyl (C=O) groups is 1. The van der Waals surface area contributed by atoms with Crippen LogP contribution in [-0.2, 0) is 35.5 Å². The van der Waals surface area contributed by atoms with Crippen molar-refractivity contribution in [1.29, 1.82) is 0 Å². The first kappa shape index (κ1) is 26.0. The third-order valence-electron chi connectivity index (χ3n) is 6.39. The number of nitrogens with zero attached hydrogens (tertiary/aromatic N) is 3. The van der Waals surface area contributed by atoms with Crippen molar-refractivity contribution in [2.24, 2.45) is 5.41 Å². The topological polar surface area (TPSA) is 97.5 Å². The first-order valence-corrected chi connectivity index (χ1v) is 13.0. The number of carboxylic acids is 1. The average molecular weight is 508 g/mol. The molecule has 0 fully saturated rings. The SMILES string of the molecule is CCn1c(-c2cccnc2COC)c(CC(C)(C)CO)c2cc(-c3nc(CCC(=O)O)cs3)ccc21. The molecule has 0 aliphatic heterocycles. The number of methoxy groups -OCH3 is 1. The highest BCUT2D eigenvalue weighted by Gasteiger charge is 2.26. The van der Waals surface area contributed by atoms with Crippen LogP contribution < -0.4 is 0 Å². The van der Waals surface area contributed by atoms with Crippen LogP contribution in [0.5, 0.6) is 0 Å². The Morgan fingerprint density at radius 3 is 2.75 bits per heavy atom. The number of aromatic nitrogens is 3. The Balaban J connectivity index is 1.92. The van der Waals surface area contributed by atoms with Crippen LogP contribution >= 0.6 is 11.3 Å². The highest BCUT2D eigenvalue weighted by Crippen LogP contribution is 2.40. The lowest BCUT2D eigenvalue weighted by molar-refractivity contribution is -0.136. The van der Waals surface area contributed by atoms with Crippen LogP contribution in [0.2, 0.25) is 0 Å². The first-order valence-electron chi connectivity index (χ1n) is 12.1. The van der Waals surface area contributed by atoms with Crippen molar-refractivity contribution in [3.05, 3.63) is 58.9 Å². The van der Waals surface area contributed by atoms with Crippen LogP contribution in [0.4, 0.5) is 0 Å². The van der Waals surface area contributed by atoms with Gasteiger partial charge in [-0.15, -0.1) is 11.3 Å². The number of thiazole rings is 1. The highest BCUT2D eigenvalue weighted by atomic mass is 32.1. The van der Waals surface area contributed by atoms with Crippen LogP contribution in [0.1, 0.15) is 44.1 Å². The Bertz CT molecular complexity index is 1370. The number of aryl methyl sites for hydroxylation is 2. The van der Waals surface area contributed by atoms with Gasteiger partial charge in [0.25, 0.3) is 0 Å². The van der Waals surface area contributed by atoms with Crippen LogP contribution in [0.3, 0.4) is 0 Å². The molecular formula is C28H33N3O4S. The molecule has 2 N–H and O–H groups in total. The summed E-state index contributed by atoms with van der Waals surface area (Å²) < 4.78 is 7.78. The van der Waals surface area contributed by atoms with Gasteiger partial charge in [-0.3, -0.25) is 9.78 Å². The van der Waals surface area contributed by atoms with Gasteiger partial charge >= 0.3 is 5.97 Å². The van der Waals surface area contributed by atoms with Crippen LogP contribution in [-0.4, -0.2) is 44.4 Å². The van der Waals surface area contributed by atoms with E-state index >= 15 is 0 Å². The Hall–Kier alpha value is -3.07. The maximum Gasteiger partial charge on any atom is 0.303 e. The van der Waals surface area contributed by atoms with Crippen molar-refractivity contribution in [1.82, 2.24) is 14.5 Å². The smallest absolute Gasteiger partial charge is 0.303 e. The number of aliphatic hydroxyl groups excluding tert-OH is 1. The molecule has 3 aromatic heterocycles. The monoisotopic (exact) mass is 507 g/mol. The first-order chi connectivity index (χ1) is 17.3. The lowest BCUT2D eigenvalue weighted by atomic mass is 9.84. The molecule has 0 aliphatic rings. The van der Waals surface area contributed by atoms with Gasteiger partial charge in [-0.2, -0.15) is 0 Å². The Morgan fingerprint density at radius 2 is 2.06 bits per heavy atom. The van der Waals surface area contributed by atoms with Crippen molar-refractivity contribution < 1.29 is 19.7 Å². The molecule has 8 heteroatoms. The number of fused-ring (bicyclic) bond motifs is 1. The molecule has 0 saturated heterocycles. The number of ether oxygens (including phenoxy) is 1. The summed E-state index contributed by atoms with van der Waals surface area (Å²) in [7, 11) is 1.68. The van der Waals surface area contributed by atoms with Crippen molar-refractivity contribution >= 4 is 28.2 Å². The summed E-state index contributed by atoms with van der Waals surface area (Å²) in [5, 5.41) is 23.1. The van der Waals surface area contributed by atoms with E-state index in [0.717, 1.165) is 50.7 Å². The van der Waals surface area contributed by atoms with Gasteiger partial charge in [-0.1, -0.05) is 13.8 Å². The van der Waals surface area contributed by atoms with E-state index in [2.05, 4.69) is 54.6 Å². The summed E-state index contributed by atoms with van der Waals surface area (Å²) in [4.78, 5) is 20.3. The standard InChI is InChI=1S/C28H33N3O4S/c1-5-31-24-10-8-18(27-30-19(16-36-27)9-11-25(33)34)13-21(24)22(14-28(2,3)17-32)26(31)20-7-6-12-29-23(20)15-35-4/h6-8,10,12-13,16,32H,5,9,11,14-15,17H2,1-4H3,(H,33,34). The molecule has 0 amide bonds. The quantitative estimate of drug-likeness (QED) is 0.275. The Labute approximate surface area is 215 Å². The molecule has 36 heavy (non-hydrogen) atoms. The number of benzene rings is 1. The molecule has 0 unspecified atom stereocenters. The lowest BCUT2D eigenvalue weighted by Gasteiger charge is -2.23. The minimum Gasteiger partial charge on any atom is -0.481 e. The van der Waals surface area contributed by atoms with Crippen LogP contribution in [0.25, 0.3) is 32.7 Å². The molecule has 190 valence electrons. The summed E-state index contributed by atoms with van der Waals surface area (Å²) in [6, 6.07) is 10.4. The molecule has 3 heterocycles. The summed E-state index contributed by atoms with van der Waals surface area (Å²) in [5.74, 6) is -0.821. The summed E-state index contributed by atoms with van der Waals surface area (Å²) in [6.07, 6.45) is 2.97. The lowest BCUT2D eigenvalue weighted by Crippen LogP contribution is -2.20.